The third-order valence-corrected chi connectivity index (χ3v) is 3.48. The van der Waals surface area contributed by atoms with E-state index in [2.05, 4.69) is 15.5 Å². The van der Waals surface area contributed by atoms with Gasteiger partial charge in [0.15, 0.2) is 0 Å². The van der Waals surface area contributed by atoms with Crippen LogP contribution in [0.4, 0.5) is 5.69 Å². The molecule has 2 unspecified atom stereocenters. The number of nitrogens with one attached hydrogen (secondary N) is 2. The number of aromatic amines is 1. The molecular formula is C9H15N3O2S. The number of nitrogens with zero attached hydrogens (tertiary/aromatic N) is 1. The quantitative estimate of drug-likeness (QED) is 0.763. The molecule has 0 fully saturated rings. The van der Waals surface area contributed by atoms with Crippen LogP contribution in [0.1, 0.15) is 13.3 Å². The predicted molar refractivity (Wildman–Crippen MR) is 61.5 cm³/mol. The molecule has 1 aromatic rings. The molecule has 0 saturated carbocycles. The number of hydrogen-bond donors (Lipinski definition) is 2. The van der Waals surface area contributed by atoms with Crippen molar-refractivity contribution in [2.45, 2.75) is 18.6 Å². The number of aromatic nitrogens is 2. The Morgan fingerprint density at radius 3 is 3.00 bits per heavy atom. The molecule has 1 heterocycles. The van der Waals surface area contributed by atoms with Crippen molar-refractivity contribution in [3.8, 4) is 0 Å². The summed E-state index contributed by atoms with van der Waals surface area (Å²) in [5.41, 5.74) is 0.458. The first-order valence-corrected chi connectivity index (χ1v) is 6.32. The predicted octanol–water partition coefficient (Wildman–Crippen LogP) is 0.339. The molecule has 0 amide bonds. The first kappa shape index (κ1) is 11.9. The van der Waals surface area contributed by atoms with Gasteiger partial charge < -0.3 is 5.32 Å². The average Bonchev–Trinajstić information content (AvgIpc) is 2.17. The molecule has 5 nitrogen and oxygen atoms in total. The van der Waals surface area contributed by atoms with Crippen LogP contribution >= 0.6 is 0 Å². The van der Waals surface area contributed by atoms with E-state index in [-0.39, 0.29) is 10.8 Å². The van der Waals surface area contributed by atoms with Crippen LogP contribution in [0.25, 0.3) is 0 Å². The van der Waals surface area contributed by atoms with E-state index in [0.29, 0.717) is 12.2 Å². The minimum Gasteiger partial charge on any atom is -0.384 e. The van der Waals surface area contributed by atoms with Gasteiger partial charge in [-0.1, -0.05) is 6.92 Å². The number of H-pyrrole nitrogens is 1. The number of anilines is 1. The Balaban J connectivity index is 2.38. The van der Waals surface area contributed by atoms with Crippen LogP contribution in [-0.4, -0.2) is 32.5 Å². The Hall–Kier alpha value is -1.17. The van der Waals surface area contributed by atoms with Crippen LogP contribution in [0.15, 0.2) is 17.1 Å². The second kappa shape index (κ2) is 5.65. The van der Waals surface area contributed by atoms with Crippen LogP contribution in [0.5, 0.6) is 0 Å². The van der Waals surface area contributed by atoms with Gasteiger partial charge in [0.05, 0.1) is 11.9 Å². The van der Waals surface area contributed by atoms with Crippen molar-refractivity contribution < 1.29 is 4.21 Å². The van der Waals surface area contributed by atoms with E-state index < -0.39 is 10.8 Å². The molecule has 6 heteroatoms. The zero-order chi connectivity index (χ0) is 11.3. The SMILES string of the molecule is CC(CCNc1cn[nH]c(=O)c1)S(C)=O. The molecule has 0 radical (unpaired) electrons. The van der Waals surface area contributed by atoms with Crippen LogP contribution in [0.2, 0.25) is 0 Å². The molecule has 0 aliphatic rings. The Morgan fingerprint density at radius 2 is 2.40 bits per heavy atom. The van der Waals surface area contributed by atoms with Gasteiger partial charge in [-0.2, -0.15) is 5.10 Å². The van der Waals surface area contributed by atoms with Crippen molar-refractivity contribution in [2.24, 2.45) is 0 Å². The Morgan fingerprint density at radius 1 is 1.67 bits per heavy atom. The molecule has 0 aliphatic carbocycles. The summed E-state index contributed by atoms with van der Waals surface area (Å²) < 4.78 is 11.1. The fraction of sp³-hybridized carbons (Fsp3) is 0.556. The molecule has 1 rings (SSSR count). The van der Waals surface area contributed by atoms with Crippen molar-refractivity contribution in [1.82, 2.24) is 10.2 Å². The lowest BCUT2D eigenvalue weighted by molar-refractivity contribution is 0.672. The summed E-state index contributed by atoms with van der Waals surface area (Å²) in [5.74, 6) is 0. The summed E-state index contributed by atoms with van der Waals surface area (Å²) in [6, 6.07) is 1.45. The fourth-order valence-electron chi connectivity index (χ4n) is 1.06. The van der Waals surface area contributed by atoms with Crippen molar-refractivity contribution in [2.75, 3.05) is 18.1 Å². The van der Waals surface area contributed by atoms with E-state index >= 15 is 0 Å². The molecule has 0 aromatic carbocycles. The monoisotopic (exact) mass is 229 g/mol. The molecular weight excluding hydrogens is 214 g/mol. The summed E-state index contributed by atoms with van der Waals surface area (Å²) in [5, 5.41) is 9.17. The van der Waals surface area contributed by atoms with E-state index in [0.717, 1.165) is 6.42 Å². The van der Waals surface area contributed by atoms with Gasteiger partial charge in [-0.25, -0.2) is 5.10 Å². The lowest BCUT2D eigenvalue weighted by atomic mass is 10.3. The summed E-state index contributed by atoms with van der Waals surface area (Å²) in [7, 11) is -0.796. The summed E-state index contributed by atoms with van der Waals surface area (Å²) in [6.45, 7) is 2.62. The lowest BCUT2D eigenvalue weighted by Gasteiger charge is -2.09. The minimum absolute atomic E-state index is 0.160. The molecule has 0 spiro atoms. The highest BCUT2D eigenvalue weighted by Crippen LogP contribution is 2.02. The van der Waals surface area contributed by atoms with Gasteiger partial charge in [-0.3, -0.25) is 9.00 Å². The largest absolute Gasteiger partial charge is 0.384 e. The maximum Gasteiger partial charge on any atom is 0.266 e. The van der Waals surface area contributed by atoms with Gasteiger partial charge in [0.2, 0.25) is 0 Å². The van der Waals surface area contributed by atoms with Crippen LogP contribution in [0.3, 0.4) is 0 Å². The first-order chi connectivity index (χ1) is 7.09. The number of hydrogen-bond acceptors (Lipinski definition) is 4. The van der Waals surface area contributed by atoms with Gasteiger partial charge in [0, 0.05) is 34.9 Å². The minimum atomic E-state index is -0.796. The van der Waals surface area contributed by atoms with Crippen LogP contribution < -0.4 is 10.9 Å². The van der Waals surface area contributed by atoms with E-state index in [1.807, 2.05) is 6.92 Å². The lowest BCUT2D eigenvalue weighted by Crippen LogP contribution is -2.16. The van der Waals surface area contributed by atoms with Gasteiger partial charge >= 0.3 is 0 Å². The number of rotatable bonds is 5. The maximum absolute atomic E-state index is 11.1. The van der Waals surface area contributed by atoms with Crippen molar-refractivity contribution in [3.05, 3.63) is 22.6 Å². The van der Waals surface area contributed by atoms with Gasteiger partial charge in [0.25, 0.3) is 5.56 Å². The Labute approximate surface area is 90.7 Å². The average molecular weight is 229 g/mol. The van der Waals surface area contributed by atoms with E-state index in [4.69, 9.17) is 0 Å². The molecule has 0 bridgehead atoms. The molecule has 2 N–H and O–H groups in total. The summed E-state index contributed by atoms with van der Waals surface area (Å²) in [6.07, 6.45) is 4.05. The molecule has 0 saturated heterocycles. The standard InChI is InChI=1S/C9H15N3O2S/c1-7(15(2)14)3-4-10-8-5-9(13)12-11-6-8/h5-7H,3-4H2,1-2H3,(H2,10,12,13). The maximum atomic E-state index is 11.1. The molecule has 1 aromatic heterocycles. The van der Waals surface area contributed by atoms with E-state index in [1.54, 1.807) is 12.5 Å². The van der Waals surface area contributed by atoms with E-state index in [9.17, 15) is 9.00 Å². The van der Waals surface area contributed by atoms with Crippen LogP contribution in [-0.2, 0) is 10.8 Å². The third-order valence-electron chi connectivity index (χ3n) is 2.11. The Kier molecular flexibility index (Phi) is 4.48. The highest BCUT2D eigenvalue weighted by atomic mass is 32.2. The molecule has 15 heavy (non-hydrogen) atoms. The smallest absolute Gasteiger partial charge is 0.266 e. The summed E-state index contributed by atoms with van der Waals surface area (Å²) >= 11 is 0. The Bertz CT molecular complexity index is 391. The van der Waals surface area contributed by atoms with Crippen molar-refractivity contribution >= 4 is 16.5 Å². The molecule has 0 aliphatic heterocycles. The zero-order valence-electron chi connectivity index (χ0n) is 8.82. The normalized spacial score (nSPS) is 14.5. The van der Waals surface area contributed by atoms with Crippen LogP contribution in [0, 0.1) is 0 Å². The first-order valence-electron chi connectivity index (χ1n) is 4.70. The van der Waals surface area contributed by atoms with Crippen molar-refractivity contribution in [1.29, 1.82) is 0 Å². The zero-order valence-corrected chi connectivity index (χ0v) is 9.63. The molecule has 2 atom stereocenters. The highest BCUT2D eigenvalue weighted by molar-refractivity contribution is 7.84. The highest BCUT2D eigenvalue weighted by Gasteiger charge is 2.04. The van der Waals surface area contributed by atoms with Crippen molar-refractivity contribution in [3.63, 3.8) is 0 Å². The van der Waals surface area contributed by atoms with Gasteiger partial charge in [-0.15, -0.1) is 0 Å². The molecule has 84 valence electrons. The van der Waals surface area contributed by atoms with Gasteiger partial charge in [-0.05, 0) is 6.42 Å². The topological polar surface area (TPSA) is 74.8 Å². The summed E-state index contributed by atoms with van der Waals surface area (Å²) in [4.78, 5) is 10.9. The fourth-order valence-corrected chi connectivity index (χ4v) is 1.51. The second-order valence-corrected chi connectivity index (χ2v) is 5.16. The second-order valence-electron chi connectivity index (χ2n) is 3.36. The third kappa shape index (κ3) is 4.24. The van der Waals surface area contributed by atoms with E-state index in [1.165, 1.54) is 6.07 Å². The van der Waals surface area contributed by atoms with Gasteiger partial charge in [0.1, 0.15) is 0 Å².